The Hall–Kier alpha value is -4.63. The van der Waals surface area contributed by atoms with Gasteiger partial charge in [0.1, 0.15) is 0 Å². The smallest absolute Gasteiger partial charge is 0.0434 e. The maximum absolute atomic E-state index is 2.33. The average Bonchev–Trinajstić information content (AvgIpc) is 3.44. The summed E-state index contributed by atoms with van der Waals surface area (Å²) in [7, 11) is 0. The second-order valence-electron chi connectivity index (χ2n) is 10.8. The van der Waals surface area contributed by atoms with Crippen molar-refractivity contribution in [2.24, 2.45) is 0 Å². The molecule has 0 atom stereocenters. The second-order valence-corrected chi connectivity index (χ2v) is 12.9. The highest BCUT2D eigenvalue weighted by atomic mass is 32.2. The molecule has 0 nitrogen and oxygen atoms in total. The van der Waals surface area contributed by atoms with Gasteiger partial charge in [0.05, 0.1) is 0 Å². The van der Waals surface area contributed by atoms with Crippen LogP contribution in [0.2, 0.25) is 0 Å². The van der Waals surface area contributed by atoms with Gasteiger partial charge in [-0.2, -0.15) is 0 Å². The molecule has 0 spiro atoms. The van der Waals surface area contributed by atoms with E-state index >= 15 is 0 Å². The molecule has 0 N–H and O–H groups in total. The van der Waals surface area contributed by atoms with Crippen molar-refractivity contribution in [1.82, 2.24) is 0 Å². The minimum atomic E-state index is 1.26. The Morgan fingerprint density at radius 2 is 0.857 bits per heavy atom. The van der Waals surface area contributed by atoms with Crippen molar-refractivity contribution in [1.29, 1.82) is 0 Å². The number of fused-ring (bicyclic) bond motifs is 5. The molecule has 1 aliphatic rings. The summed E-state index contributed by atoms with van der Waals surface area (Å²) in [5, 5.41) is 5.33. The summed E-state index contributed by atoms with van der Waals surface area (Å²) in [4.78, 5) is 2.66. The number of thiophene rings is 1. The molecule has 196 valence electrons. The first-order valence-corrected chi connectivity index (χ1v) is 15.9. The first-order valence-electron chi connectivity index (χ1n) is 14.3. The largest absolute Gasteiger partial charge is 0.135 e. The minimum Gasteiger partial charge on any atom is -0.135 e. The van der Waals surface area contributed by atoms with Crippen LogP contribution in [0, 0.1) is 0 Å². The van der Waals surface area contributed by atoms with Crippen LogP contribution in [0.5, 0.6) is 0 Å². The Morgan fingerprint density at radius 1 is 0.310 bits per heavy atom. The zero-order valence-corrected chi connectivity index (χ0v) is 24.3. The van der Waals surface area contributed by atoms with Crippen molar-refractivity contribution in [2.45, 2.75) is 9.79 Å². The van der Waals surface area contributed by atoms with Gasteiger partial charge in [0.2, 0.25) is 0 Å². The maximum atomic E-state index is 2.33. The monoisotopic (exact) mass is 568 g/mol. The minimum absolute atomic E-state index is 1.26. The Balaban J connectivity index is 1.28. The highest BCUT2D eigenvalue weighted by Crippen LogP contribution is 2.51. The van der Waals surface area contributed by atoms with Crippen molar-refractivity contribution in [3.63, 3.8) is 0 Å². The fourth-order valence-electron chi connectivity index (χ4n) is 6.68. The van der Waals surface area contributed by atoms with Gasteiger partial charge < -0.3 is 0 Å². The summed E-state index contributed by atoms with van der Waals surface area (Å²) in [5.41, 5.74) is 10.3. The van der Waals surface area contributed by atoms with Crippen LogP contribution in [0.4, 0.5) is 0 Å². The van der Waals surface area contributed by atoms with Crippen molar-refractivity contribution in [3.05, 3.63) is 146 Å². The van der Waals surface area contributed by atoms with E-state index in [-0.39, 0.29) is 0 Å². The highest BCUT2D eigenvalue weighted by Gasteiger charge is 2.22. The maximum Gasteiger partial charge on any atom is 0.0434 e. The van der Waals surface area contributed by atoms with E-state index in [0.717, 1.165) is 0 Å². The van der Waals surface area contributed by atoms with Crippen molar-refractivity contribution in [3.8, 4) is 44.5 Å². The number of hydrogen-bond acceptors (Lipinski definition) is 2. The van der Waals surface area contributed by atoms with Crippen LogP contribution in [0.25, 0.3) is 75.5 Å². The molecule has 8 aromatic rings. The zero-order valence-electron chi connectivity index (χ0n) is 22.7. The molecule has 0 aliphatic carbocycles. The lowest BCUT2D eigenvalue weighted by Gasteiger charge is -2.22. The topological polar surface area (TPSA) is 0 Å². The molecule has 0 amide bonds. The fourth-order valence-corrected chi connectivity index (χ4v) is 9.04. The van der Waals surface area contributed by atoms with Crippen LogP contribution < -0.4 is 0 Å². The Kier molecular flexibility index (Phi) is 5.41. The molecule has 9 rings (SSSR count). The Bertz CT molecular complexity index is 2340. The molecule has 0 unspecified atom stereocenters. The normalized spacial score (nSPS) is 12.2. The summed E-state index contributed by atoms with van der Waals surface area (Å²) in [5.74, 6) is 0. The molecule has 42 heavy (non-hydrogen) atoms. The summed E-state index contributed by atoms with van der Waals surface area (Å²) in [6.45, 7) is 0. The SMILES string of the molecule is c1ccc2c(c1)Sc1ccc(-c3ccccc3-c3ccccc3-c3cccc4c3sc3ccccc34)c3cccc-2c13. The molecule has 0 saturated heterocycles. The van der Waals surface area contributed by atoms with E-state index in [1.807, 2.05) is 23.1 Å². The van der Waals surface area contributed by atoms with Crippen molar-refractivity contribution in [2.75, 3.05) is 0 Å². The molecule has 0 bridgehead atoms. The average molecular weight is 569 g/mol. The lowest BCUT2D eigenvalue weighted by atomic mass is 9.86. The molecule has 0 fully saturated rings. The van der Waals surface area contributed by atoms with Crippen LogP contribution in [0.3, 0.4) is 0 Å². The summed E-state index contributed by atoms with van der Waals surface area (Å²) in [6.07, 6.45) is 0. The summed E-state index contributed by atoms with van der Waals surface area (Å²) in [6, 6.07) is 53.6. The van der Waals surface area contributed by atoms with E-state index in [1.165, 1.54) is 85.2 Å². The third-order valence-corrected chi connectivity index (χ3v) is 10.9. The van der Waals surface area contributed by atoms with Gasteiger partial charge in [0.15, 0.2) is 0 Å². The molecule has 1 aromatic heterocycles. The fraction of sp³-hybridized carbons (Fsp3) is 0. The lowest BCUT2D eigenvalue weighted by Crippen LogP contribution is -1.95. The first kappa shape index (κ1) is 24.0. The van der Waals surface area contributed by atoms with E-state index in [9.17, 15) is 0 Å². The molecule has 0 saturated carbocycles. The molecular weight excluding hydrogens is 545 g/mol. The van der Waals surface area contributed by atoms with Gasteiger partial charge in [-0.25, -0.2) is 0 Å². The predicted octanol–water partition coefficient (Wildman–Crippen LogP) is 12.3. The molecule has 0 radical (unpaired) electrons. The van der Waals surface area contributed by atoms with Crippen LogP contribution in [-0.4, -0.2) is 0 Å². The van der Waals surface area contributed by atoms with Gasteiger partial charge >= 0.3 is 0 Å². The third kappa shape index (κ3) is 3.56. The van der Waals surface area contributed by atoms with Gasteiger partial charge in [-0.1, -0.05) is 139 Å². The highest BCUT2D eigenvalue weighted by molar-refractivity contribution is 7.99. The summed E-state index contributed by atoms with van der Waals surface area (Å²) >= 11 is 3.78. The van der Waals surface area contributed by atoms with E-state index in [1.54, 1.807) is 0 Å². The van der Waals surface area contributed by atoms with Gasteiger partial charge in [-0.3, -0.25) is 0 Å². The van der Waals surface area contributed by atoms with Crippen molar-refractivity contribution >= 4 is 54.0 Å². The molecule has 1 aliphatic heterocycles. The van der Waals surface area contributed by atoms with Crippen LogP contribution in [0.15, 0.2) is 155 Å². The third-order valence-electron chi connectivity index (χ3n) is 8.53. The predicted molar refractivity (Wildman–Crippen MR) is 183 cm³/mol. The van der Waals surface area contributed by atoms with Crippen LogP contribution >= 0.6 is 23.1 Å². The quantitative estimate of drug-likeness (QED) is 0.204. The van der Waals surface area contributed by atoms with E-state index in [4.69, 9.17) is 0 Å². The molecule has 2 heterocycles. The van der Waals surface area contributed by atoms with Crippen molar-refractivity contribution < 1.29 is 0 Å². The second kappa shape index (κ2) is 9.46. The Labute approximate surface area is 252 Å². The van der Waals surface area contributed by atoms with Crippen LogP contribution in [0.1, 0.15) is 0 Å². The van der Waals surface area contributed by atoms with E-state index in [2.05, 4.69) is 146 Å². The first-order chi connectivity index (χ1) is 20.8. The van der Waals surface area contributed by atoms with E-state index < -0.39 is 0 Å². The standard InChI is InChI=1S/C40H24S2/c1-2-13-27(29-23-24-38-39-32(29)17-9-18-33(39)30-15-5-7-21-36(30)41-38)25(11-1)26-12-3-4-14-28(26)34-19-10-20-35-31-16-6-8-22-37(31)42-40(34)35/h1-24H. The summed E-state index contributed by atoms with van der Waals surface area (Å²) < 4.78 is 2.68. The van der Waals surface area contributed by atoms with Gasteiger partial charge in [0.25, 0.3) is 0 Å². The number of hydrogen-bond donors (Lipinski definition) is 0. The molecular formula is C40H24S2. The van der Waals surface area contributed by atoms with Gasteiger partial charge in [-0.15, -0.1) is 11.3 Å². The number of benzene rings is 7. The lowest BCUT2D eigenvalue weighted by molar-refractivity contribution is 1.40. The number of rotatable bonds is 3. The van der Waals surface area contributed by atoms with E-state index in [0.29, 0.717) is 0 Å². The van der Waals surface area contributed by atoms with Gasteiger partial charge in [-0.05, 0) is 62.5 Å². The van der Waals surface area contributed by atoms with Gasteiger partial charge in [0, 0.05) is 40.9 Å². The Morgan fingerprint density at radius 3 is 1.64 bits per heavy atom. The zero-order chi connectivity index (χ0) is 27.6. The molecule has 7 aromatic carbocycles. The molecule has 2 heteroatoms. The van der Waals surface area contributed by atoms with Crippen LogP contribution in [-0.2, 0) is 0 Å².